The lowest BCUT2D eigenvalue weighted by atomic mass is 10.1. The average Bonchev–Trinajstić information content (AvgIpc) is 3.21. The molecular weight excluding hydrogens is 386 g/mol. The van der Waals surface area contributed by atoms with Gasteiger partial charge < -0.3 is 14.4 Å². The first-order valence-corrected chi connectivity index (χ1v) is 9.61. The van der Waals surface area contributed by atoms with Crippen molar-refractivity contribution >= 4 is 17.7 Å². The number of ether oxygens (including phenoxy) is 2. The standard InChI is InChI=1S/C21H25N5O4/c1-15-18(16(2)26-21(24-15)22-14-23-26)11-20(28)30-13-19(27)25(9-10-29-3)12-17-7-5-4-6-8-17/h4-8,14H,9-13H2,1-3H3. The third-order valence-electron chi connectivity index (χ3n) is 4.80. The Balaban J connectivity index is 1.61. The Bertz CT molecular complexity index is 1020. The zero-order valence-electron chi connectivity index (χ0n) is 17.4. The van der Waals surface area contributed by atoms with E-state index in [1.165, 1.54) is 6.33 Å². The van der Waals surface area contributed by atoms with E-state index in [-0.39, 0.29) is 18.9 Å². The van der Waals surface area contributed by atoms with E-state index >= 15 is 0 Å². The van der Waals surface area contributed by atoms with Gasteiger partial charge in [0.15, 0.2) is 6.61 Å². The second-order valence-corrected chi connectivity index (χ2v) is 6.86. The molecule has 2 aromatic heterocycles. The van der Waals surface area contributed by atoms with Gasteiger partial charge in [-0.3, -0.25) is 9.59 Å². The molecule has 3 aromatic rings. The molecule has 0 saturated carbocycles. The van der Waals surface area contributed by atoms with Gasteiger partial charge in [0, 0.05) is 37.2 Å². The Kier molecular flexibility index (Phi) is 7.08. The molecule has 30 heavy (non-hydrogen) atoms. The highest BCUT2D eigenvalue weighted by molar-refractivity contribution is 5.81. The molecule has 1 amide bonds. The van der Waals surface area contributed by atoms with Gasteiger partial charge in [-0.2, -0.15) is 10.1 Å². The molecule has 3 rings (SSSR count). The van der Waals surface area contributed by atoms with Gasteiger partial charge in [0.1, 0.15) is 6.33 Å². The third-order valence-corrected chi connectivity index (χ3v) is 4.80. The number of carbonyl (C=O) groups is 2. The van der Waals surface area contributed by atoms with E-state index in [0.29, 0.717) is 36.7 Å². The van der Waals surface area contributed by atoms with Crippen molar-refractivity contribution in [1.82, 2.24) is 24.5 Å². The third kappa shape index (κ3) is 5.18. The average molecular weight is 411 g/mol. The van der Waals surface area contributed by atoms with Crippen LogP contribution < -0.4 is 0 Å². The summed E-state index contributed by atoms with van der Waals surface area (Å²) >= 11 is 0. The number of hydrogen-bond donors (Lipinski definition) is 0. The Labute approximate surface area is 174 Å². The quantitative estimate of drug-likeness (QED) is 0.492. The molecule has 0 radical (unpaired) electrons. The number of carbonyl (C=O) groups excluding carboxylic acids is 2. The van der Waals surface area contributed by atoms with Crippen LogP contribution in [0.15, 0.2) is 36.7 Å². The first kappa shape index (κ1) is 21.4. The highest BCUT2D eigenvalue weighted by Gasteiger charge is 2.19. The Morgan fingerprint density at radius 1 is 1.17 bits per heavy atom. The lowest BCUT2D eigenvalue weighted by Gasteiger charge is -2.22. The summed E-state index contributed by atoms with van der Waals surface area (Å²) in [6.07, 6.45) is 1.42. The maximum absolute atomic E-state index is 12.6. The molecule has 0 fully saturated rings. The monoisotopic (exact) mass is 411 g/mol. The Morgan fingerprint density at radius 3 is 2.67 bits per heavy atom. The fourth-order valence-corrected chi connectivity index (χ4v) is 3.14. The number of hydrogen-bond acceptors (Lipinski definition) is 7. The van der Waals surface area contributed by atoms with E-state index in [9.17, 15) is 9.59 Å². The maximum atomic E-state index is 12.6. The van der Waals surface area contributed by atoms with Crippen LogP contribution in [0.4, 0.5) is 0 Å². The molecule has 0 spiro atoms. The van der Waals surface area contributed by atoms with Gasteiger partial charge in [0.2, 0.25) is 0 Å². The summed E-state index contributed by atoms with van der Waals surface area (Å²) < 4.78 is 11.9. The minimum absolute atomic E-state index is 0.00447. The zero-order valence-corrected chi connectivity index (χ0v) is 17.4. The normalized spacial score (nSPS) is 10.9. The van der Waals surface area contributed by atoms with E-state index < -0.39 is 5.97 Å². The summed E-state index contributed by atoms with van der Waals surface area (Å²) in [5.74, 6) is -0.295. The molecular formula is C21H25N5O4. The molecule has 0 aliphatic carbocycles. The molecule has 2 heterocycles. The van der Waals surface area contributed by atoms with Crippen molar-refractivity contribution in [2.24, 2.45) is 0 Å². The van der Waals surface area contributed by atoms with Gasteiger partial charge in [0.25, 0.3) is 11.7 Å². The lowest BCUT2D eigenvalue weighted by Crippen LogP contribution is -2.36. The number of nitrogens with zero attached hydrogens (tertiary/aromatic N) is 5. The molecule has 0 bridgehead atoms. The Morgan fingerprint density at radius 2 is 1.93 bits per heavy atom. The molecule has 0 N–H and O–H groups in total. The van der Waals surface area contributed by atoms with Crippen molar-refractivity contribution in [2.45, 2.75) is 26.8 Å². The summed E-state index contributed by atoms with van der Waals surface area (Å²) in [7, 11) is 1.58. The lowest BCUT2D eigenvalue weighted by molar-refractivity contribution is -0.152. The molecule has 9 nitrogen and oxygen atoms in total. The van der Waals surface area contributed by atoms with Gasteiger partial charge in [0.05, 0.1) is 13.0 Å². The second kappa shape index (κ2) is 9.93. The fourth-order valence-electron chi connectivity index (χ4n) is 3.14. The number of aromatic nitrogens is 4. The minimum Gasteiger partial charge on any atom is -0.455 e. The van der Waals surface area contributed by atoms with Gasteiger partial charge >= 0.3 is 5.97 Å². The largest absolute Gasteiger partial charge is 0.455 e. The van der Waals surface area contributed by atoms with Gasteiger partial charge in [-0.05, 0) is 19.4 Å². The summed E-state index contributed by atoms with van der Waals surface area (Å²) in [5.41, 5.74) is 3.16. The van der Waals surface area contributed by atoms with Crippen molar-refractivity contribution in [3.63, 3.8) is 0 Å². The molecule has 158 valence electrons. The van der Waals surface area contributed by atoms with E-state index in [0.717, 1.165) is 11.3 Å². The smallest absolute Gasteiger partial charge is 0.310 e. The summed E-state index contributed by atoms with van der Waals surface area (Å²) in [6, 6.07) is 9.63. The van der Waals surface area contributed by atoms with E-state index in [4.69, 9.17) is 9.47 Å². The predicted octanol–water partition coefficient (Wildman–Crippen LogP) is 1.50. The molecule has 0 atom stereocenters. The van der Waals surface area contributed by atoms with Crippen LogP contribution in [0.5, 0.6) is 0 Å². The van der Waals surface area contributed by atoms with Crippen LogP contribution in [-0.2, 0) is 32.0 Å². The highest BCUT2D eigenvalue weighted by atomic mass is 16.5. The van der Waals surface area contributed by atoms with Crippen molar-refractivity contribution in [2.75, 3.05) is 26.9 Å². The number of benzene rings is 1. The summed E-state index contributed by atoms with van der Waals surface area (Å²) in [4.78, 5) is 35.1. The number of amides is 1. The molecule has 1 aromatic carbocycles. The summed E-state index contributed by atoms with van der Waals surface area (Å²) in [6.45, 7) is 4.55. The van der Waals surface area contributed by atoms with E-state index in [2.05, 4.69) is 15.1 Å². The first-order valence-electron chi connectivity index (χ1n) is 9.61. The van der Waals surface area contributed by atoms with Gasteiger partial charge in [-0.1, -0.05) is 30.3 Å². The van der Waals surface area contributed by atoms with Gasteiger partial charge in [-0.15, -0.1) is 0 Å². The van der Waals surface area contributed by atoms with Gasteiger partial charge in [-0.25, -0.2) is 9.50 Å². The van der Waals surface area contributed by atoms with Crippen molar-refractivity contribution in [1.29, 1.82) is 0 Å². The van der Waals surface area contributed by atoms with E-state index in [1.807, 2.05) is 44.2 Å². The SMILES string of the molecule is COCCN(Cc1ccccc1)C(=O)COC(=O)Cc1c(C)nc2ncnn2c1C. The van der Waals surface area contributed by atoms with Crippen LogP contribution in [0, 0.1) is 13.8 Å². The minimum atomic E-state index is -0.498. The van der Waals surface area contributed by atoms with Crippen molar-refractivity contribution in [3.8, 4) is 0 Å². The van der Waals surface area contributed by atoms with Crippen molar-refractivity contribution in [3.05, 3.63) is 59.2 Å². The number of methoxy groups -OCH3 is 1. The first-order chi connectivity index (χ1) is 14.5. The highest BCUT2D eigenvalue weighted by Crippen LogP contribution is 2.14. The van der Waals surface area contributed by atoms with E-state index in [1.54, 1.807) is 16.5 Å². The number of esters is 1. The number of fused-ring (bicyclic) bond motifs is 1. The topological polar surface area (TPSA) is 98.9 Å². The summed E-state index contributed by atoms with van der Waals surface area (Å²) in [5, 5.41) is 4.11. The molecule has 9 heteroatoms. The van der Waals surface area contributed by atoms with Crippen molar-refractivity contribution < 1.29 is 19.1 Å². The Hall–Kier alpha value is -3.33. The van der Waals surface area contributed by atoms with Crippen LogP contribution in [0.25, 0.3) is 5.78 Å². The van der Waals surface area contributed by atoms with Crippen LogP contribution >= 0.6 is 0 Å². The second-order valence-electron chi connectivity index (χ2n) is 6.86. The maximum Gasteiger partial charge on any atom is 0.310 e. The fraction of sp³-hybridized carbons (Fsp3) is 0.381. The van der Waals surface area contributed by atoms with Crippen LogP contribution in [-0.4, -0.2) is 63.2 Å². The number of rotatable bonds is 9. The van der Waals surface area contributed by atoms with Crippen LogP contribution in [0.2, 0.25) is 0 Å². The zero-order chi connectivity index (χ0) is 21.5. The molecule has 0 unspecified atom stereocenters. The number of aryl methyl sites for hydroxylation is 2. The predicted molar refractivity (Wildman–Crippen MR) is 109 cm³/mol. The van der Waals surface area contributed by atoms with Crippen LogP contribution in [0.1, 0.15) is 22.5 Å². The molecule has 0 aliphatic heterocycles. The van der Waals surface area contributed by atoms with Crippen LogP contribution in [0.3, 0.4) is 0 Å². The molecule has 0 saturated heterocycles. The molecule has 0 aliphatic rings.